The van der Waals surface area contributed by atoms with Gasteiger partial charge in [0.1, 0.15) is 5.75 Å². The summed E-state index contributed by atoms with van der Waals surface area (Å²) in [5, 5.41) is 3.15. The third kappa shape index (κ3) is 3.69. The average molecular weight is 502 g/mol. The summed E-state index contributed by atoms with van der Waals surface area (Å²) in [6, 6.07) is 16.7. The van der Waals surface area contributed by atoms with Crippen LogP contribution < -0.4 is 25.8 Å². The highest BCUT2D eigenvalue weighted by molar-refractivity contribution is 6.09. The highest BCUT2D eigenvalue weighted by Crippen LogP contribution is 2.65. The number of amides is 1. The second-order valence-electron chi connectivity index (χ2n) is 12.2. The molecule has 4 unspecified atom stereocenters. The first-order valence-corrected chi connectivity index (χ1v) is 14.0. The minimum Gasteiger partial charge on any atom is -0.497 e. The normalized spacial score (nSPS) is 36.1. The molecule has 2 aromatic rings. The summed E-state index contributed by atoms with van der Waals surface area (Å²) in [6.45, 7) is 2.25. The minimum absolute atomic E-state index is 0.188. The van der Waals surface area contributed by atoms with Gasteiger partial charge in [-0.25, -0.2) is 5.43 Å². The molecule has 7 atom stereocenters. The maximum absolute atomic E-state index is 13.1. The van der Waals surface area contributed by atoms with E-state index in [4.69, 9.17) is 4.74 Å². The van der Waals surface area contributed by atoms with Crippen molar-refractivity contribution in [2.75, 3.05) is 44.5 Å². The van der Waals surface area contributed by atoms with E-state index in [1.165, 1.54) is 30.5 Å². The fourth-order valence-electron chi connectivity index (χ4n) is 7.99. The zero-order valence-electron chi connectivity index (χ0n) is 22.2. The van der Waals surface area contributed by atoms with E-state index < -0.39 is 0 Å². The van der Waals surface area contributed by atoms with Crippen LogP contribution in [0.2, 0.25) is 0 Å². The Morgan fingerprint density at radius 2 is 1.89 bits per heavy atom. The molecule has 1 spiro atoms. The van der Waals surface area contributed by atoms with Crippen molar-refractivity contribution in [1.29, 1.82) is 0 Å². The molecule has 1 amide bonds. The Hall–Kier alpha value is -2.61. The predicted molar refractivity (Wildman–Crippen MR) is 146 cm³/mol. The number of hydrogen-bond donors (Lipinski definition) is 3. The molecule has 37 heavy (non-hydrogen) atoms. The number of rotatable bonds is 5. The fraction of sp³-hybridized carbons (Fsp3) is 0.567. The lowest BCUT2D eigenvalue weighted by atomic mass is 9.72. The molecule has 2 saturated heterocycles. The van der Waals surface area contributed by atoms with E-state index >= 15 is 0 Å². The fourth-order valence-corrected chi connectivity index (χ4v) is 7.99. The molecule has 0 radical (unpaired) electrons. The predicted octanol–water partition coefficient (Wildman–Crippen LogP) is 3.68. The highest BCUT2D eigenvalue weighted by atomic mass is 16.5. The number of nitrogens with zero attached hydrogens (tertiary/aromatic N) is 2. The van der Waals surface area contributed by atoms with E-state index in [1.54, 1.807) is 7.11 Å². The van der Waals surface area contributed by atoms with Crippen molar-refractivity contribution < 1.29 is 9.53 Å². The van der Waals surface area contributed by atoms with Gasteiger partial charge in [0, 0.05) is 36.5 Å². The number of ether oxygens (including phenoxy) is 1. The van der Waals surface area contributed by atoms with Crippen molar-refractivity contribution in [3.8, 4) is 5.75 Å². The van der Waals surface area contributed by atoms with Gasteiger partial charge in [-0.05, 0) is 105 Å². The van der Waals surface area contributed by atoms with Crippen LogP contribution in [0.5, 0.6) is 5.75 Å². The van der Waals surface area contributed by atoms with Crippen molar-refractivity contribution in [3.63, 3.8) is 0 Å². The quantitative estimate of drug-likeness (QED) is 0.581. The monoisotopic (exact) mass is 501 g/mol. The third-order valence-electron chi connectivity index (χ3n) is 10.3. The van der Waals surface area contributed by atoms with Crippen molar-refractivity contribution in [2.24, 2.45) is 17.8 Å². The third-order valence-corrected chi connectivity index (χ3v) is 10.3. The highest BCUT2D eigenvalue weighted by Gasteiger charge is 2.67. The van der Waals surface area contributed by atoms with Crippen LogP contribution in [0.3, 0.4) is 0 Å². The molecule has 0 bridgehead atoms. The number of anilines is 2. The van der Waals surface area contributed by atoms with Gasteiger partial charge in [0.25, 0.3) is 0 Å². The number of carbonyl (C=O) groups is 1. The largest absolute Gasteiger partial charge is 0.497 e. The van der Waals surface area contributed by atoms with Gasteiger partial charge in [-0.3, -0.25) is 10.2 Å². The zero-order chi connectivity index (χ0) is 25.3. The molecule has 5 aliphatic rings. The van der Waals surface area contributed by atoms with Crippen LogP contribution in [0.4, 0.5) is 11.4 Å². The molecule has 2 aliphatic carbocycles. The molecule has 196 valence electrons. The van der Waals surface area contributed by atoms with Gasteiger partial charge >= 0.3 is 0 Å². The summed E-state index contributed by atoms with van der Waals surface area (Å²) >= 11 is 0. The molecule has 4 fully saturated rings. The Morgan fingerprint density at radius 1 is 1.05 bits per heavy atom. The number of fused-ring (bicyclic) bond motifs is 3. The van der Waals surface area contributed by atoms with Crippen LogP contribution in [-0.4, -0.2) is 57.2 Å². The molecule has 2 saturated carbocycles. The van der Waals surface area contributed by atoms with Crippen molar-refractivity contribution in [3.05, 3.63) is 53.6 Å². The number of hydrogen-bond acceptors (Lipinski definition) is 6. The number of methoxy groups -OCH3 is 1. The summed E-state index contributed by atoms with van der Waals surface area (Å²) in [4.78, 5) is 18.0. The van der Waals surface area contributed by atoms with Gasteiger partial charge in [-0.1, -0.05) is 12.1 Å². The molecule has 7 nitrogen and oxygen atoms in total. The average Bonchev–Trinajstić information content (AvgIpc) is 3.19. The van der Waals surface area contributed by atoms with E-state index in [1.807, 2.05) is 12.1 Å². The van der Waals surface area contributed by atoms with E-state index in [2.05, 4.69) is 70.4 Å². The number of benzene rings is 2. The SMILES string of the molecule is COc1ccc2c(c1)[C@]1(C[C@H]1C1CCC3C(C1)NNC3c1ccc(N3CC[C@H](N(C)C)C3)cc1)C(=O)N2. The van der Waals surface area contributed by atoms with Crippen LogP contribution in [0, 0.1) is 17.8 Å². The van der Waals surface area contributed by atoms with Crippen LogP contribution in [0.25, 0.3) is 0 Å². The Morgan fingerprint density at radius 3 is 2.65 bits per heavy atom. The molecule has 3 aliphatic heterocycles. The van der Waals surface area contributed by atoms with E-state index in [-0.39, 0.29) is 11.3 Å². The van der Waals surface area contributed by atoms with E-state index in [0.29, 0.717) is 35.9 Å². The summed E-state index contributed by atoms with van der Waals surface area (Å²) in [7, 11) is 6.06. The van der Waals surface area contributed by atoms with E-state index in [9.17, 15) is 4.79 Å². The lowest BCUT2D eigenvalue weighted by Crippen LogP contribution is -2.37. The molecule has 7 heteroatoms. The summed E-state index contributed by atoms with van der Waals surface area (Å²) in [5.41, 5.74) is 11.8. The van der Waals surface area contributed by atoms with Crippen LogP contribution in [0.15, 0.2) is 42.5 Å². The Labute approximate surface area is 219 Å². The van der Waals surface area contributed by atoms with Gasteiger partial charge < -0.3 is 19.9 Å². The summed E-state index contributed by atoms with van der Waals surface area (Å²) < 4.78 is 5.48. The van der Waals surface area contributed by atoms with Crippen LogP contribution in [-0.2, 0) is 10.2 Å². The standard InChI is InChI=1S/C30H39N5O2/c1-34(2)21-12-13-35(17-21)20-7-4-18(5-8-20)28-23-10-6-19(14-27(23)32-33-28)25-16-30(25)24-15-22(37-3)9-11-26(24)31-29(30)36/h4-5,7-9,11,15,19,21,23,25,27-28,32-33H,6,10,12-14,16-17H2,1-3H3,(H,31,36)/t19?,21-,23?,25-,27?,28?,30-/m0/s1. The molecular formula is C30H39N5O2. The number of nitrogens with one attached hydrogen (secondary N) is 3. The van der Waals surface area contributed by atoms with Crippen LogP contribution >= 0.6 is 0 Å². The number of carbonyl (C=O) groups excluding carboxylic acids is 1. The summed E-state index contributed by atoms with van der Waals surface area (Å²) in [5.74, 6) is 2.61. The smallest absolute Gasteiger partial charge is 0.235 e. The second-order valence-corrected chi connectivity index (χ2v) is 12.2. The molecule has 0 aromatic heterocycles. The van der Waals surface area contributed by atoms with E-state index in [0.717, 1.165) is 42.9 Å². The Kier molecular flexibility index (Phi) is 5.54. The van der Waals surface area contributed by atoms with Crippen molar-refractivity contribution in [1.82, 2.24) is 15.8 Å². The molecule has 7 rings (SSSR count). The lowest BCUT2D eigenvalue weighted by Gasteiger charge is -2.34. The number of hydrazine groups is 1. The zero-order valence-corrected chi connectivity index (χ0v) is 22.2. The topological polar surface area (TPSA) is 68.9 Å². The molecular weight excluding hydrogens is 462 g/mol. The van der Waals surface area contributed by atoms with Gasteiger partial charge in [0.05, 0.1) is 18.6 Å². The Balaban J connectivity index is 1.02. The lowest BCUT2D eigenvalue weighted by molar-refractivity contribution is -0.118. The molecule has 2 aromatic carbocycles. The first kappa shape index (κ1) is 23.5. The van der Waals surface area contributed by atoms with Gasteiger partial charge in [-0.15, -0.1) is 0 Å². The van der Waals surface area contributed by atoms with Crippen molar-refractivity contribution >= 4 is 17.3 Å². The van der Waals surface area contributed by atoms with Gasteiger partial charge in [0.15, 0.2) is 0 Å². The van der Waals surface area contributed by atoms with Crippen molar-refractivity contribution in [2.45, 2.75) is 55.6 Å². The van der Waals surface area contributed by atoms with Gasteiger partial charge in [0.2, 0.25) is 5.91 Å². The summed E-state index contributed by atoms with van der Waals surface area (Å²) in [6.07, 6.45) is 5.71. The minimum atomic E-state index is -0.343. The maximum Gasteiger partial charge on any atom is 0.235 e. The Bertz CT molecular complexity index is 1200. The van der Waals surface area contributed by atoms with Gasteiger partial charge in [-0.2, -0.15) is 0 Å². The maximum atomic E-state index is 13.1. The first-order chi connectivity index (χ1) is 18.0. The first-order valence-electron chi connectivity index (χ1n) is 14.0. The molecule has 3 N–H and O–H groups in total. The number of likely N-dealkylation sites (N-methyl/N-ethyl adjacent to an activating group) is 1. The molecule has 3 heterocycles. The van der Waals surface area contributed by atoms with Crippen LogP contribution in [0.1, 0.15) is 49.3 Å². The second kappa shape index (κ2) is 8.72.